The largest absolute Gasteiger partial charge is 0.496 e. The molecule has 1 unspecified atom stereocenters. The second-order valence-corrected chi connectivity index (χ2v) is 9.69. The molecule has 3 rings (SSSR count). The fourth-order valence-corrected chi connectivity index (χ4v) is 5.35. The smallest absolute Gasteiger partial charge is 0.243 e. The van der Waals surface area contributed by atoms with Gasteiger partial charge in [-0.05, 0) is 61.7 Å². The van der Waals surface area contributed by atoms with E-state index in [1.165, 1.54) is 4.31 Å². The predicted octanol–water partition coefficient (Wildman–Crippen LogP) is 3.81. The number of nitrogens with one attached hydrogen (secondary N) is 1. The van der Waals surface area contributed by atoms with E-state index >= 15 is 0 Å². The lowest BCUT2D eigenvalue weighted by atomic mass is 9.99. The summed E-state index contributed by atoms with van der Waals surface area (Å²) in [5.41, 5.74) is 1.44. The molecule has 8 heteroatoms. The highest BCUT2D eigenvalue weighted by Crippen LogP contribution is 2.28. The Bertz CT molecular complexity index is 978. The highest BCUT2D eigenvalue weighted by Gasteiger charge is 2.33. The minimum absolute atomic E-state index is 0.163. The van der Waals surface area contributed by atoms with Crippen molar-refractivity contribution in [3.63, 3.8) is 0 Å². The third-order valence-corrected chi connectivity index (χ3v) is 7.21. The molecule has 1 N–H and O–H groups in total. The highest BCUT2D eigenvalue weighted by atomic mass is 79.9. The first-order valence-electron chi connectivity index (χ1n) is 9.02. The lowest BCUT2D eigenvalue weighted by Crippen LogP contribution is -2.43. The molecule has 1 saturated heterocycles. The van der Waals surface area contributed by atoms with Gasteiger partial charge in [-0.3, -0.25) is 4.79 Å². The second-order valence-electron chi connectivity index (χ2n) is 6.83. The van der Waals surface area contributed by atoms with E-state index in [9.17, 15) is 13.2 Å². The molecule has 0 aromatic heterocycles. The number of benzene rings is 2. The summed E-state index contributed by atoms with van der Waals surface area (Å²) in [4.78, 5) is 12.9. The zero-order valence-corrected chi connectivity index (χ0v) is 18.2. The van der Waals surface area contributed by atoms with Crippen molar-refractivity contribution in [1.29, 1.82) is 0 Å². The Kier molecular flexibility index (Phi) is 6.42. The monoisotopic (exact) mass is 466 g/mol. The number of carbonyl (C=O) groups is 1. The van der Waals surface area contributed by atoms with Gasteiger partial charge in [0.15, 0.2) is 0 Å². The fourth-order valence-electron chi connectivity index (χ4n) is 3.35. The van der Waals surface area contributed by atoms with Crippen LogP contribution in [0.4, 0.5) is 5.69 Å². The van der Waals surface area contributed by atoms with Crippen molar-refractivity contribution in [2.45, 2.75) is 24.7 Å². The summed E-state index contributed by atoms with van der Waals surface area (Å²) >= 11 is 3.38. The molecule has 0 aliphatic carbocycles. The zero-order chi connectivity index (χ0) is 20.3. The molecule has 1 fully saturated rings. The van der Waals surface area contributed by atoms with E-state index in [2.05, 4.69) is 21.2 Å². The topological polar surface area (TPSA) is 75.7 Å². The Morgan fingerprint density at radius 1 is 1.25 bits per heavy atom. The fraction of sp³-hybridized carbons (Fsp3) is 0.350. The van der Waals surface area contributed by atoms with Crippen molar-refractivity contribution in [2.75, 3.05) is 25.5 Å². The van der Waals surface area contributed by atoms with Crippen LogP contribution >= 0.6 is 15.9 Å². The third-order valence-electron chi connectivity index (χ3n) is 4.85. The Labute approximate surface area is 174 Å². The number of anilines is 1. The first-order chi connectivity index (χ1) is 13.3. The molecule has 0 spiro atoms. The quantitative estimate of drug-likeness (QED) is 0.726. The van der Waals surface area contributed by atoms with Gasteiger partial charge in [-0.1, -0.05) is 22.0 Å². The minimum atomic E-state index is -3.67. The molecule has 0 saturated carbocycles. The molecule has 28 heavy (non-hydrogen) atoms. The van der Waals surface area contributed by atoms with E-state index in [1.807, 2.05) is 25.1 Å². The number of piperidine rings is 1. The second kappa shape index (κ2) is 8.63. The number of aryl methyl sites for hydroxylation is 1. The number of sulfonamides is 1. The molecule has 150 valence electrons. The van der Waals surface area contributed by atoms with Gasteiger partial charge in [-0.2, -0.15) is 4.31 Å². The number of carbonyl (C=O) groups excluding carboxylic acids is 1. The molecule has 0 radical (unpaired) electrons. The van der Waals surface area contributed by atoms with E-state index in [0.717, 1.165) is 10.0 Å². The van der Waals surface area contributed by atoms with Crippen LogP contribution in [0, 0.1) is 12.8 Å². The number of methoxy groups -OCH3 is 1. The lowest BCUT2D eigenvalue weighted by Gasteiger charge is -2.31. The van der Waals surface area contributed by atoms with Gasteiger partial charge in [-0.15, -0.1) is 0 Å². The van der Waals surface area contributed by atoms with Crippen LogP contribution < -0.4 is 10.1 Å². The van der Waals surface area contributed by atoms with Crippen molar-refractivity contribution in [2.24, 2.45) is 5.92 Å². The van der Waals surface area contributed by atoms with Crippen LogP contribution in [-0.2, 0) is 14.8 Å². The van der Waals surface area contributed by atoms with Gasteiger partial charge in [0.05, 0.1) is 17.9 Å². The molecule has 1 heterocycles. The van der Waals surface area contributed by atoms with Crippen molar-refractivity contribution in [1.82, 2.24) is 4.31 Å². The Hall–Kier alpha value is -1.90. The van der Waals surface area contributed by atoms with Gasteiger partial charge < -0.3 is 10.1 Å². The molecule has 1 atom stereocenters. The maximum atomic E-state index is 13.1. The summed E-state index contributed by atoms with van der Waals surface area (Å²) in [6.45, 7) is 2.39. The molecule has 1 aliphatic heterocycles. The molecule has 2 aromatic rings. The summed E-state index contributed by atoms with van der Waals surface area (Å²) in [5.74, 6) is 0.0923. The summed E-state index contributed by atoms with van der Waals surface area (Å²) in [6, 6.07) is 12.1. The van der Waals surface area contributed by atoms with Crippen molar-refractivity contribution < 1.29 is 17.9 Å². The van der Waals surface area contributed by atoms with Gasteiger partial charge in [0.2, 0.25) is 15.9 Å². The van der Waals surface area contributed by atoms with Crippen molar-refractivity contribution in [3.05, 3.63) is 52.5 Å². The van der Waals surface area contributed by atoms with E-state index in [1.54, 1.807) is 31.4 Å². The Morgan fingerprint density at radius 2 is 2.04 bits per heavy atom. The Morgan fingerprint density at radius 3 is 2.71 bits per heavy atom. The molecule has 6 nitrogen and oxygen atoms in total. The first kappa shape index (κ1) is 20.8. The number of rotatable bonds is 5. The average molecular weight is 467 g/mol. The van der Waals surface area contributed by atoms with Crippen molar-refractivity contribution in [3.8, 4) is 5.75 Å². The van der Waals surface area contributed by atoms with E-state index in [-0.39, 0.29) is 23.3 Å². The minimum Gasteiger partial charge on any atom is -0.496 e. The molecule has 0 bridgehead atoms. The summed E-state index contributed by atoms with van der Waals surface area (Å²) in [6.07, 6.45) is 1.30. The van der Waals surface area contributed by atoms with Crippen LogP contribution in [0.25, 0.3) is 0 Å². The van der Waals surface area contributed by atoms with E-state index in [4.69, 9.17) is 4.74 Å². The molecule has 2 aromatic carbocycles. The standard InChI is InChI=1S/C20H23BrN2O4S/c1-14-11-18(8-9-19(14)27-2)28(25,26)23-10-4-5-15(13-23)20(24)22-17-7-3-6-16(21)12-17/h3,6-9,11-12,15H,4-5,10,13H2,1-2H3,(H,22,24). The van der Waals surface area contributed by atoms with E-state index in [0.29, 0.717) is 30.8 Å². The van der Waals surface area contributed by atoms with Crippen LogP contribution in [0.3, 0.4) is 0 Å². The summed E-state index contributed by atoms with van der Waals surface area (Å²) in [7, 11) is -2.11. The molecular weight excluding hydrogens is 444 g/mol. The van der Waals surface area contributed by atoms with Crippen LogP contribution in [0.15, 0.2) is 51.8 Å². The SMILES string of the molecule is COc1ccc(S(=O)(=O)N2CCCC(C(=O)Nc3cccc(Br)c3)C2)cc1C. The first-order valence-corrected chi connectivity index (χ1v) is 11.3. The molecule has 1 amide bonds. The molecule has 1 aliphatic rings. The van der Waals surface area contributed by atoms with Crippen molar-refractivity contribution >= 4 is 37.5 Å². The molecular formula is C20H23BrN2O4S. The summed E-state index contributed by atoms with van der Waals surface area (Å²) in [5, 5.41) is 2.88. The Balaban J connectivity index is 1.74. The van der Waals surface area contributed by atoms with Gasteiger partial charge in [-0.25, -0.2) is 8.42 Å². The van der Waals surface area contributed by atoms with Gasteiger partial charge in [0.1, 0.15) is 5.75 Å². The number of amides is 1. The van der Waals surface area contributed by atoms with Crippen LogP contribution in [0.5, 0.6) is 5.75 Å². The highest BCUT2D eigenvalue weighted by molar-refractivity contribution is 9.10. The van der Waals surface area contributed by atoms with E-state index < -0.39 is 10.0 Å². The number of hydrogen-bond donors (Lipinski definition) is 1. The number of hydrogen-bond acceptors (Lipinski definition) is 4. The maximum absolute atomic E-state index is 13.1. The van der Waals surface area contributed by atoms with Gasteiger partial charge >= 0.3 is 0 Å². The average Bonchev–Trinajstić information content (AvgIpc) is 2.68. The van der Waals surface area contributed by atoms with Crippen LogP contribution in [0.1, 0.15) is 18.4 Å². The lowest BCUT2D eigenvalue weighted by molar-refractivity contribution is -0.120. The van der Waals surface area contributed by atoms with Gasteiger partial charge in [0.25, 0.3) is 0 Å². The van der Waals surface area contributed by atoms with Gasteiger partial charge in [0, 0.05) is 23.2 Å². The zero-order valence-electron chi connectivity index (χ0n) is 15.8. The number of nitrogens with zero attached hydrogens (tertiary/aromatic N) is 1. The number of halogens is 1. The maximum Gasteiger partial charge on any atom is 0.243 e. The normalized spacial score (nSPS) is 17.9. The predicted molar refractivity (Wildman–Crippen MR) is 112 cm³/mol. The number of ether oxygens (including phenoxy) is 1. The summed E-state index contributed by atoms with van der Waals surface area (Å²) < 4.78 is 33.6. The third kappa shape index (κ3) is 4.56. The van der Waals surface area contributed by atoms with Crippen LogP contribution in [0.2, 0.25) is 0 Å². The van der Waals surface area contributed by atoms with Crippen LogP contribution in [-0.4, -0.2) is 38.8 Å².